The van der Waals surface area contributed by atoms with E-state index in [0.29, 0.717) is 6.42 Å². The summed E-state index contributed by atoms with van der Waals surface area (Å²) in [5.74, 6) is -3.47. The second kappa shape index (κ2) is 22.6. The molecule has 0 aliphatic heterocycles. The van der Waals surface area contributed by atoms with Crippen LogP contribution in [0.2, 0.25) is 0 Å². The van der Waals surface area contributed by atoms with Gasteiger partial charge in [0.15, 0.2) is 12.3 Å². The van der Waals surface area contributed by atoms with E-state index in [9.17, 15) is 19.2 Å². The Balaban J connectivity index is 2.41. The number of carbonyl (C=O) groups excluding carboxylic acids is 3. The van der Waals surface area contributed by atoms with Gasteiger partial charge in [-0.25, -0.2) is 4.79 Å². The van der Waals surface area contributed by atoms with E-state index in [0.717, 1.165) is 24.8 Å². The zero-order chi connectivity index (χ0) is 30.3. The van der Waals surface area contributed by atoms with Crippen molar-refractivity contribution in [1.29, 1.82) is 0 Å². The number of nitrogens with one attached hydrogen (secondary N) is 3. The van der Waals surface area contributed by atoms with Gasteiger partial charge in [-0.3, -0.25) is 14.4 Å². The molecule has 41 heavy (non-hydrogen) atoms. The lowest BCUT2D eigenvalue weighted by Crippen LogP contribution is -2.61. The highest BCUT2D eigenvalue weighted by atomic mass is 16.5. The maximum atomic E-state index is 12.8. The van der Waals surface area contributed by atoms with Crippen LogP contribution in [-0.4, -0.2) is 53.8 Å². The summed E-state index contributed by atoms with van der Waals surface area (Å²) in [6.07, 6.45) is 12.6. The number of unbranched alkanes of at least 4 members (excludes halogenated alkanes) is 12. The number of carbonyl (C=O) groups is 4. The van der Waals surface area contributed by atoms with Gasteiger partial charge in [0.1, 0.15) is 6.04 Å². The number of hydrogen-bond acceptors (Lipinski definition) is 7. The largest absolute Gasteiger partial charge is 0.479 e. The molecule has 0 aromatic heterocycles. The number of aliphatic carboxylic acids is 1. The first-order chi connectivity index (χ1) is 19.7. The highest BCUT2D eigenvalue weighted by Gasteiger charge is 2.26. The van der Waals surface area contributed by atoms with Crippen molar-refractivity contribution < 1.29 is 29.0 Å². The Hall–Kier alpha value is -3.02. The summed E-state index contributed by atoms with van der Waals surface area (Å²) in [4.78, 5) is 48.3. The van der Waals surface area contributed by atoms with E-state index in [-0.39, 0.29) is 25.5 Å². The van der Waals surface area contributed by atoms with Gasteiger partial charge in [0, 0.05) is 6.42 Å². The van der Waals surface area contributed by atoms with Gasteiger partial charge in [-0.15, -0.1) is 0 Å². The number of carboxylic acids is 1. The molecule has 1 aromatic rings. The Kier molecular flexibility index (Phi) is 19.9. The third-order valence-corrected chi connectivity index (χ3v) is 6.70. The van der Waals surface area contributed by atoms with E-state index in [1.807, 2.05) is 35.6 Å². The number of amides is 3. The van der Waals surface area contributed by atoms with Crippen molar-refractivity contribution in [1.82, 2.24) is 16.0 Å². The van der Waals surface area contributed by atoms with Crippen LogP contribution in [0.15, 0.2) is 30.3 Å². The molecule has 0 unspecified atom stereocenters. The maximum absolute atomic E-state index is 12.8. The molecular weight excluding hydrogens is 526 g/mol. The zero-order valence-electron chi connectivity index (χ0n) is 24.6. The number of nitrogens with two attached hydrogens (primary N) is 2. The lowest BCUT2D eigenvalue weighted by molar-refractivity contribution is -0.142. The highest BCUT2D eigenvalue weighted by Crippen LogP contribution is 2.13. The van der Waals surface area contributed by atoms with Crippen molar-refractivity contribution >= 4 is 23.7 Å². The van der Waals surface area contributed by atoms with Crippen LogP contribution < -0.4 is 27.4 Å². The van der Waals surface area contributed by atoms with Crippen LogP contribution in [0.25, 0.3) is 0 Å². The molecular formula is C30H51N5O6. The summed E-state index contributed by atoms with van der Waals surface area (Å²) in [6.45, 7) is 2.31. The Morgan fingerprint density at radius 2 is 1.24 bits per heavy atom. The van der Waals surface area contributed by atoms with E-state index < -0.39 is 36.2 Å². The minimum Gasteiger partial charge on any atom is -0.479 e. The van der Waals surface area contributed by atoms with Crippen molar-refractivity contribution in [2.45, 2.75) is 122 Å². The van der Waals surface area contributed by atoms with E-state index in [2.05, 4.69) is 17.6 Å². The average molecular weight is 578 g/mol. The zero-order valence-corrected chi connectivity index (χ0v) is 24.6. The van der Waals surface area contributed by atoms with Crippen LogP contribution in [0, 0.1) is 0 Å². The van der Waals surface area contributed by atoms with Gasteiger partial charge in [0.25, 0.3) is 5.91 Å². The fourth-order valence-corrected chi connectivity index (χ4v) is 4.25. The minimum atomic E-state index is -1.67. The molecule has 0 radical (unpaired) electrons. The Bertz CT molecular complexity index is 885. The molecule has 11 nitrogen and oxygen atoms in total. The van der Waals surface area contributed by atoms with Crippen LogP contribution in [0.5, 0.6) is 0 Å². The predicted octanol–water partition coefficient (Wildman–Crippen LogP) is 3.06. The molecule has 232 valence electrons. The second-order valence-electron chi connectivity index (χ2n) is 10.4. The van der Waals surface area contributed by atoms with E-state index >= 15 is 0 Å². The lowest BCUT2D eigenvalue weighted by atomic mass is 10.0. The van der Waals surface area contributed by atoms with E-state index in [1.165, 1.54) is 57.8 Å². The number of hydrogen-bond donors (Lipinski definition) is 6. The smallest absolute Gasteiger partial charge is 0.341 e. The summed E-state index contributed by atoms with van der Waals surface area (Å²) in [5, 5.41) is 15.8. The highest BCUT2D eigenvalue weighted by molar-refractivity contribution is 5.93. The Labute approximate surface area is 244 Å². The van der Waals surface area contributed by atoms with Gasteiger partial charge in [0.05, 0.1) is 13.2 Å². The average Bonchev–Trinajstić information content (AvgIpc) is 2.95. The molecule has 0 heterocycles. The summed E-state index contributed by atoms with van der Waals surface area (Å²) in [6, 6.07) is 8.24. The Morgan fingerprint density at radius 1 is 0.732 bits per heavy atom. The van der Waals surface area contributed by atoms with Crippen LogP contribution in [0.4, 0.5) is 0 Å². The molecule has 0 saturated heterocycles. The monoisotopic (exact) mass is 577 g/mol. The number of ether oxygens (including phenoxy) is 1. The van der Waals surface area contributed by atoms with Gasteiger partial charge in [-0.2, -0.15) is 0 Å². The molecule has 0 fully saturated rings. The van der Waals surface area contributed by atoms with Crippen molar-refractivity contribution in [2.75, 3.05) is 6.61 Å². The third-order valence-electron chi connectivity index (χ3n) is 6.70. The van der Waals surface area contributed by atoms with Crippen molar-refractivity contribution in [2.24, 2.45) is 11.5 Å². The van der Waals surface area contributed by atoms with Crippen LogP contribution in [0.3, 0.4) is 0 Å². The Morgan fingerprint density at radius 3 is 1.78 bits per heavy atom. The van der Waals surface area contributed by atoms with Crippen LogP contribution in [0.1, 0.15) is 102 Å². The predicted molar refractivity (Wildman–Crippen MR) is 158 cm³/mol. The molecule has 1 aromatic carbocycles. The summed E-state index contributed by atoms with van der Waals surface area (Å²) in [7, 11) is 0. The quantitative estimate of drug-likeness (QED) is 0.0799. The molecule has 0 bridgehead atoms. The fraction of sp³-hybridized carbons (Fsp3) is 0.667. The van der Waals surface area contributed by atoms with Gasteiger partial charge in [0.2, 0.25) is 11.8 Å². The molecule has 3 amide bonds. The van der Waals surface area contributed by atoms with Crippen LogP contribution >= 0.6 is 0 Å². The first-order valence-electron chi connectivity index (χ1n) is 15.0. The minimum absolute atomic E-state index is 0.145. The molecule has 0 aliphatic carbocycles. The van der Waals surface area contributed by atoms with Crippen molar-refractivity contribution in [3.05, 3.63) is 35.9 Å². The third kappa shape index (κ3) is 18.1. The summed E-state index contributed by atoms with van der Waals surface area (Å²) in [5.41, 5.74) is 11.9. The summed E-state index contributed by atoms with van der Waals surface area (Å²) < 4.78 is 5.65. The van der Waals surface area contributed by atoms with Gasteiger partial charge >= 0.3 is 5.97 Å². The first-order valence-corrected chi connectivity index (χ1v) is 15.0. The first kappa shape index (κ1) is 36.0. The van der Waals surface area contributed by atoms with Crippen molar-refractivity contribution in [3.8, 4) is 0 Å². The molecule has 0 spiro atoms. The number of benzene rings is 1. The topological polar surface area (TPSA) is 186 Å². The molecule has 11 heteroatoms. The van der Waals surface area contributed by atoms with Crippen LogP contribution in [-0.2, 0) is 30.5 Å². The molecule has 3 atom stereocenters. The lowest BCUT2D eigenvalue weighted by Gasteiger charge is -2.22. The van der Waals surface area contributed by atoms with E-state index in [4.69, 9.17) is 21.3 Å². The standard InChI is InChI=1S/C30H51N5O6/c1-2-3-4-5-6-7-8-9-10-11-12-13-17-20-25(36)33-24(22-41-21-23-18-15-14-16-19-23)28(37)34-26(31)29(38)35-27(32)30(39)40/h14-16,18-19,24,26-27H,2-13,17,20-22,31-32H2,1H3,(H,33,36)(H,34,37)(H,35,38)(H,39,40)/t24-,26+,27-/m1/s1. The molecule has 0 aliphatic rings. The summed E-state index contributed by atoms with van der Waals surface area (Å²) >= 11 is 0. The normalized spacial score (nSPS) is 13.1. The number of rotatable bonds is 24. The van der Waals surface area contributed by atoms with Gasteiger partial charge in [-0.1, -0.05) is 114 Å². The van der Waals surface area contributed by atoms with E-state index in [1.54, 1.807) is 0 Å². The fourth-order valence-electron chi connectivity index (χ4n) is 4.25. The molecule has 1 rings (SSSR count). The molecule has 0 saturated carbocycles. The second-order valence-corrected chi connectivity index (χ2v) is 10.4. The van der Waals surface area contributed by atoms with Gasteiger partial charge < -0.3 is 37.3 Å². The maximum Gasteiger partial charge on any atom is 0.341 e. The number of carboxylic acid groups (broad SMARTS) is 1. The molecule has 8 N–H and O–H groups in total. The van der Waals surface area contributed by atoms with Gasteiger partial charge in [-0.05, 0) is 12.0 Å². The van der Waals surface area contributed by atoms with Crippen molar-refractivity contribution in [3.63, 3.8) is 0 Å². The SMILES string of the molecule is CCCCCCCCCCCCCCCC(=O)N[C@H](COCc1ccccc1)C(=O)N[C@H](N)C(=O)N[C@@H](N)C(=O)O.